The number of para-hydroxylation sites is 1. The lowest BCUT2D eigenvalue weighted by Gasteiger charge is -2.14. The van der Waals surface area contributed by atoms with Gasteiger partial charge in [0.05, 0.1) is 7.11 Å². The van der Waals surface area contributed by atoms with Gasteiger partial charge in [0, 0.05) is 25.1 Å². The van der Waals surface area contributed by atoms with Gasteiger partial charge in [-0.3, -0.25) is 10.2 Å². The fourth-order valence-corrected chi connectivity index (χ4v) is 2.44. The van der Waals surface area contributed by atoms with Gasteiger partial charge in [-0.15, -0.1) is 12.4 Å². The Labute approximate surface area is 119 Å². The Morgan fingerprint density at radius 3 is 2.79 bits per heavy atom. The molecule has 1 atom stereocenters. The summed E-state index contributed by atoms with van der Waals surface area (Å²) in [7, 11) is 3.32. The van der Waals surface area contributed by atoms with Gasteiger partial charge in [0.15, 0.2) is 0 Å². The van der Waals surface area contributed by atoms with Gasteiger partial charge < -0.3 is 9.64 Å². The first-order chi connectivity index (χ1) is 8.65. The van der Waals surface area contributed by atoms with Crippen LogP contribution in [0.1, 0.15) is 30.7 Å². The van der Waals surface area contributed by atoms with Crippen LogP contribution in [0.4, 0.5) is 5.69 Å². The van der Waals surface area contributed by atoms with Crippen LogP contribution in [0.15, 0.2) is 24.3 Å². The van der Waals surface area contributed by atoms with Crippen molar-refractivity contribution in [2.24, 2.45) is 0 Å². The van der Waals surface area contributed by atoms with Crippen molar-refractivity contribution in [3.8, 4) is 0 Å². The van der Waals surface area contributed by atoms with Crippen LogP contribution in [-0.4, -0.2) is 26.0 Å². The first kappa shape index (κ1) is 15.5. The highest BCUT2D eigenvalue weighted by atomic mass is 35.5. The molecule has 1 aliphatic heterocycles. The summed E-state index contributed by atoms with van der Waals surface area (Å²) in [6, 6.07) is 8.08. The molecule has 1 unspecified atom stereocenters. The van der Waals surface area contributed by atoms with Crippen molar-refractivity contribution < 1.29 is 9.53 Å². The molecule has 1 heterocycles. The third kappa shape index (κ3) is 3.07. The number of hydrogen-bond donors (Lipinski definition) is 1. The first-order valence-electron chi connectivity index (χ1n) is 6.13. The molecule has 1 aromatic rings. The van der Waals surface area contributed by atoms with E-state index in [-0.39, 0.29) is 24.3 Å². The largest absolute Gasteiger partial charge is 0.469 e. The van der Waals surface area contributed by atoms with Crippen LogP contribution in [0, 0.1) is 5.41 Å². The Balaban J connectivity index is 0.00000180. The number of likely N-dealkylation sites (N-methyl/N-ethyl adjacent to an activating group) is 1. The van der Waals surface area contributed by atoms with Crippen molar-refractivity contribution in [3.05, 3.63) is 29.8 Å². The van der Waals surface area contributed by atoms with Crippen LogP contribution in [0.2, 0.25) is 0 Å². The van der Waals surface area contributed by atoms with E-state index in [1.807, 2.05) is 30.1 Å². The second-order valence-electron chi connectivity index (χ2n) is 4.52. The number of anilines is 1. The SMILES string of the molecule is COC(=O)CCCC1C(=N)N(C)c2ccccc21.Cl. The average molecular weight is 283 g/mol. The van der Waals surface area contributed by atoms with E-state index in [9.17, 15) is 4.79 Å². The molecule has 0 amide bonds. The molecule has 1 aliphatic rings. The van der Waals surface area contributed by atoms with Crippen LogP contribution < -0.4 is 4.90 Å². The number of nitrogens with one attached hydrogen (secondary N) is 1. The molecule has 0 radical (unpaired) electrons. The highest BCUT2D eigenvalue weighted by Gasteiger charge is 2.31. The van der Waals surface area contributed by atoms with Crippen molar-refractivity contribution in [1.29, 1.82) is 5.41 Å². The Morgan fingerprint density at radius 2 is 2.11 bits per heavy atom. The van der Waals surface area contributed by atoms with E-state index < -0.39 is 0 Å². The average Bonchev–Trinajstić information content (AvgIpc) is 2.64. The summed E-state index contributed by atoms with van der Waals surface area (Å²) in [5.41, 5.74) is 2.29. The van der Waals surface area contributed by atoms with Crippen LogP contribution in [0.5, 0.6) is 0 Å². The molecule has 0 spiro atoms. The molecule has 1 aromatic carbocycles. The molecular formula is C14H19ClN2O2. The number of fused-ring (bicyclic) bond motifs is 1. The van der Waals surface area contributed by atoms with Crippen LogP contribution in [-0.2, 0) is 9.53 Å². The van der Waals surface area contributed by atoms with Crippen LogP contribution in [0.3, 0.4) is 0 Å². The normalized spacial score (nSPS) is 16.8. The van der Waals surface area contributed by atoms with Crippen molar-refractivity contribution in [2.75, 3.05) is 19.1 Å². The highest BCUT2D eigenvalue weighted by Crippen LogP contribution is 2.38. The maximum absolute atomic E-state index is 11.1. The number of carbonyl (C=O) groups is 1. The Hall–Kier alpha value is -1.55. The van der Waals surface area contributed by atoms with E-state index in [4.69, 9.17) is 5.41 Å². The summed E-state index contributed by atoms with van der Waals surface area (Å²) in [5, 5.41) is 8.14. The summed E-state index contributed by atoms with van der Waals surface area (Å²) in [6.45, 7) is 0. The first-order valence-corrected chi connectivity index (χ1v) is 6.13. The van der Waals surface area contributed by atoms with Gasteiger partial charge in [-0.25, -0.2) is 0 Å². The van der Waals surface area contributed by atoms with Crippen molar-refractivity contribution in [1.82, 2.24) is 0 Å². The summed E-state index contributed by atoms with van der Waals surface area (Å²) < 4.78 is 4.63. The molecule has 0 bridgehead atoms. The van der Waals surface area contributed by atoms with Crippen molar-refractivity contribution >= 4 is 29.9 Å². The van der Waals surface area contributed by atoms with E-state index in [0.717, 1.165) is 18.5 Å². The van der Waals surface area contributed by atoms with Crippen molar-refractivity contribution in [2.45, 2.75) is 25.2 Å². The van der Waals surface area contributed by atoms with Gasteiger partial charge >= 0.3 is 5.97 Å². The zero-order valence-corrected chi connectivity index (χ0v) is 12.0. The number of ether oxygens (including phenoxy) is 1. The summed E-state index contributed by atoms with van der Waals surface area (Å²) in [5.74, 6) is 0.540. The molecule has 2 rings (SSSR count). The quantitative estimate of drug-likeness (QED) is 0.864. The highest BCUT2D eigenvalue weighted by molar-refractivity contribution is 6.06. The smallest absolute Gasteiger partial charge is 0.305 e. The van der Waals surface area contributed by atoms with Crippen LogP contribution in [0.25, 0.3) is 0 Å². The Morgan fingerprint density at radius 1 is 1.42 bits per heavy atom. The van der Waals surface area contributed by atoms with E-state index in [1.54, 1.807) is 0 Å². The number of benzene rings is 1. The molecule has 5 heteroatoms. The Bertz CT molecular complexity index is 476. The molecule has 0 fully saturated rings. The maximum atomic E-state index is 11.1. The summed E-state index contributed by atoms with van der Waals surface area (Å²) in [6.07, 6.45) is 1.99. The number of amidine groups is 1. The molecule has 104 valence electrons. The van der Waals surface area contributed by atoms with E-state index >= 15 is 0 Å². The predicted molar refractivity (Wildman–Crippen MR) is 78.4 cm³/mol. The number of rotatable bonds is 4. The van der Waals surface area contributed by atoms with Gasteiger partial charge in [0.1, 0.15) is 5.84 Å². The maximum Gasteiger partial charge on any atom is 0.305 e. The van der Waals surface area contributed by atoms with Gasteiger partial charge in [-0.1, -0.05) is 18.2 Å². The molecule has 19 heavy (non-hydrogen) atoms. The van der Waals surface area contributed by atoms with Gasteiger partial charge in [-0.2, -0.15) is 0 Å². The molecular weight excluding hydrogens is 264 g/mol. The van der Waals surface area contributed by atoms with Crippen LogP contribution >= 0.6 is 12.4 Å². The summed E-state index contributed by atoms with van der Waals surface area (Å²) >= 11 is 0. The van der Waals surface area contributed by atoms with E-state index in [2.05, 4.69) is 10.8 Å². The molecule has 0 aromatic heterocycles. The molecule has 1 N–H and O–H groups in total. The van der Waals surface area contributed by atoms with E-state index in [0.29, 0.717) is 12.3 Å². The second kappa shape index (κ2) is 6.57. The minimum Gasteiger partial charge on any atom is -0.469 e. The standard InChI is InChI=1S/C14H18N2O2.ClH/c1-16-12-8-4-3-6-10(12)11(14(16)15)7-5-9-13(17)18-2;/h3-4,6,8,11,15H,5,7,9H2,1-2H3;1H. The Kier molecular flexibility index (Phi) is 5.36. The number of carbonyl (C=O) groups excluding carboxylic acids is 1. The number of nitrogens with zero attached hydrogens (tertiary/aromatic N) is 1. The minimum absolute atomic E-state index is 0. The summed E-state index contributed by atoms with van der Waals surface area (Å²) in [4.78, 5) is 13.0. The predicted octanol–water partition coefficient (Wildman–Crippen LogP) is 2.96. The fraction of sp³-hybridized carbons (Fsp3) is 0.429. The topological polar surface area (TPSA) is 53.4 Å². The molecule has 4 nitrogen and oxygen atoms in total. The lowest BCUT2D eigenvalue weighted by molar-refractivity contribution is -0.140. The lowest BCUT2D eigenvalue weighted by Crippen LogP contribution is -2.23. The number of methoxy groups -OCH3 is 1. The lowest BCUT2D eigenvalue weighted by atomic mass is 9.94. The minimum atomic E-state index is -0.179. The monoisotopic (exact) mass is 282 g/mol. The number of hydrogen-bond acceptors (Lipinski definition) is 3. The third-order valence-corrected chi connectivity index (χ3v) is 3.47. The second-order valence-corrected chi connectivity index (χ2v) is 4.52. The zero-order chi connectivity index (χ0) is 13.1. The fourth-order valence-electron chi connectivity index (χ4n) is 2.44. The number of halogens is 1. The zero-order valence-electron chi connectivity index (χ0n) is 11.2. The van der Waals surface area contributed by atoms with E-state index in [1.165, 1.54) is 12.7 Å². The number of esters is 1. The molecule has 0 aliphatic carbocycles. The van der Waals surface area contributed by atoms with Gasteiger partial charge in [-0.05, 0) is 24.5 Å². The third-order valence-electron chi connectivity index (χ3n) is 3.47. The van der Waals surface area contributed by atoms with Gasteiger partial charge in [0.2, 0.25) is 0 Å². The van der Waals surface area contributed by atoms with Crippen molar-refractivity contribution in [3.63, 3.8) is 0 Å². The molecule has 0 saturated heterocycles. The molecule has 0 saturated carbocycles. The van der Waals surface area contributed by atoms with Gasteiger partial charge in [0.25, 0.3) is 0 Å².